The molecule has 7 heteroatoms. The minimum absolute atomic E-state index is 0.298. The highest BCUT2D eigenvalue weighted by atomic mass is 16.4. The number of hydrogen-bond acceptors (Lipinski definition) is 5. The lowest BCUT2D eigenvalue weighted by atomic mass is 10.0. The van der Waals surface area contributed by atoms with Gasteiger partial charge in [0.15, 0.2) is 0 Å². The van der Waals surface area contributed by atoms with Gasteiger partial charge in [-0.05, 0) is 40.3 Å². The van der Waals surface area contributed by atoms with Gasteiger partial charge in [-0.1, -0.05) is 42.5 Å². The second-order valence-corrected chi connectivity index (χ2v) is 6.39. The number of aromatic nitrogens is 1. The molecular formula is C21H21N5O2. The molecule has 0 fully saturated rings. The fourth-order valence-electron chi connectivity index (χ4n) is 3.08. The number of carboxylic acid groups (broad SMARTS) is 1. The average molecular weight is 375 g/mol. The minimum atomic E-state index is -0.940. The summed E-state index contributed by atoms with van der Waals surface area (Å²) in [6, 6.07) is 15.4. The molecule has 1 aromatic heterocycles. The summed E-state index contributed by atoms with van der Waals surface area (Å²) in [7, 11) is 0. The molecule has 0 aliphatic carbocycles. The molecule has 0 aliphatic heterocycles. The summed E-state index contributed by atoms with van der Waals surface area (Å²) >= 11 is 0. The quantitative estimate of drug-likeness (QED) is 0.334. The molecule has 3 rings (SSSR count). The normalized spacial score (nSPS) is 11.4. The maximum atomic E-state index is 11.7. The van der Waals surface area contributed by atoms with Crippen LogP contribution in [0.4, 0.5) is 0 Å². The fourth-order valence-corrected chi connectivity index (χ4v) is 3.08. The molecule has 1 heterocycles. The van der Waals surface area contributed by atoms with Crippen LogP contribution in [0, 0.1) is 0 Å². The number of hydrazone groups is 2. The Morgan fingerprint density at radius 3 is 2.36 bits per heavy atom. The molecule has 2 aromatic carbocycles. The zero-order chi connectivity index (χ0) is 19.9. The van der Waals surface area contributed by atoms with Gasteiger partial charge in [-0.15, -0.1) is 0 Å². The highest BCUT2D eigenvalue weighted by molar-refractivity contribution is 5.89. The molecule has 7 nitrogen and oxygen atoms in total. The van der Waals surface area contributed by atoms with Gasteiger partial charge in [0.05, 0.1) is 18.0 Å². The van der Waals surface area contributed by atoms with Crippen LogP contribution in [0.2, 0.25) is 0 Å². The van der Waals surface area contributed by atoms with Crippen molar-refractivity contribution in [3.8, 4) is 0 Å². The van der Waals surface area contributed by atoms with Crippen LogP contribution in [0.3, 0.4) is 0 Å². The van der Waals surface area contributed by atoms with Crippen LogP contribution in [-0.4, -0.2) is 28.1 Å². The van der Waals surface area contributed by atoms with E-state index in [2.05, 4.69) is 10.2 Å². The number of carboxylic acids is 1. The average Bonchev–Trinajstić information content (AvgIpc) is 3.07. The largest absolute Gasteiger partial charge is 0.478 e. The molecule has 3 aromatic rings. The summed E-state index contributed by atoms with van der Waals surface area (Å²) in [4.78, 5) is 11.7. The molecule has 0 atom stereocenters. The van der Waals surface area contributed by atoms with E-state index in [4.69, 9.17) is 11.7 Å². The van der Waals surface area contributed by atoms with Gasteiger partial charge in [0, 0.05) is 18.9 Å². The fraction of sp³-hybridized carbons (Fsp3) is 0.0952. The van der Waals surface area contributed by atoms with E-state index in [1.165, 1.54) is 0 Å². The lowest BCUT2D eigenvalue weighted by Gasteiger charge is -2.04. The Morgan fingerprint density at radius 2 is 1.68 bits per heavy atom. The van der Waals surface area contributed by atoms with Crippen molar-refractivity contribution in [2.24, 2.45) is 21.9 Å². The summed E-state index contributed by atoms with van der Waals surface area (Å²) in [5, 5.41) is 16.6. The predicted octanol–water partition coefficient (Wildman–Crippen LogP) is 2.41. The molecule has 0 saturated heterocycles. The van der Waals surface area contributed by atoms with Crippen molar-refractivity contribution in [3.63, 3.8) is 0 Å². The molecule has 0 spiro atoms. The second-order valence-electron chi connectivity index (χ2n) is 6.39. The summed E-state index contributed by atoms with van der Waals surface area (Å²) in [6.45, 7) is 0.554. The predicted molar refractivity (Wildman–Crippen MR) is 110 cm³/mol. The van der Waals surface area contributed by atoms with Crippen LogP contribution >= 0.6 is 0 Å². The lowest BCUT2D eigenvalue weighted by Crippen LogP contribution is -2.00. The molecule has 0 bridgehead atoms. The first-order chi connectivity index (χ1) is 13.6. The molecule has 0 aliphatic rings. The summed E-state index contributed by atoms with van der Waals surface area (Å²) in [5.74, 6) is 9.42. The third-order valence-corrected chi connectivity index (χ3v) is 4.33. The van der Waals surface area contributed by atoms with Gasteiger partial charge in [-0.3, -0.25) is 0 Å². The maximum absolute atomic E-state index is 11.7. The molecule has 5 N–H and O–H groups in total. The van der Waals surface area contributed by atoms with Crippen molar-refractivity contribution in [2.45, 2.75) is 13.0 Å². The van der Waals surface area contributed by atoms with E-state index in [0.717, 1.165) is 27.8 Å². The second kappa shape index (κ2) is 8.68. The number of rotatable bonds is 7. The topological polar surface area (TPSA) is 119 Å². The third-order valence-electron chi connectivity index (χ3n) is 4.33. The molecule has 0 unspecified atom stereocenters. The number of aromatic carboxylic acids is 1. The van der Waals surface area contributed by atoms with E-state index in [-0.39, 0.29) is 0 Å². The minimum Gasteiger partial charge on any atom is -0.478 e. The highest BCUT2D eigenvalue weighted by Crippen LogP contribution is 2.18. The van der Waals surface area contributed by atoms with Crippen LogP contribution < -0.4 is 11.7 Å². The Hall–Kier alpha value is -3.87. The van der Waals surface area contributed by atoms with E-state index in [1.807, 2.05) is 59.3 Å². The Morgan fingerprint density at radius 1 is 0.964 bits per heavy atom. The highest BCUT2D eigenvalue weighted by Gasteiger charge is 2.14. The number of carbonyl (C=O) groups is 1. The van der Waals surface area contributed by atoms with Crippen LogP contribution in [0.1, 0.15) is 38.2 Å². The van der Waals surface area contributed by atoms with Gasteiger partial charge in [-0.2, -0.15) is 10.2 Å². The van der Waals surface area contributed by atoms with Crippen molar-refractivity contribution in [3.05, 3.63) is 94.3 Å². The monoisotopic (exact) mass is 375 g/mol. The summed E-state index contributed by atoms with van der Waals surface area (Å²) < 4.78 is 1.88. The van der Waals surface area contributed by atoms with Crippen molar-refractivity contribution in [2.75, 3.05) is 0 Å². The van der Waals surface area contributed by atoms with E-state index in [1.54, 1.807) is 18.6 Å². The number of benzene rings is 2. The van der Waals surface area contributed by atoms with Crippen molar-refractivity contribution in [1.82, 2.24) is 4.57 Å². The Balaban J connectivity index is 1.83. The van der Waals surface area contributed by atoms with Gasteiger partial charge in [-0.25, -0.2) is 4.79 Å². The lowest BCUT2D eigenvalue weighted by molar-refractivity contribution is 0.0696. The van der Waals surface area contributed by atoms with E-state index >= 15 is 0 Å². The molecular weight excluding hydrogens is 354 g/mol. The van der Waals surface area contributed by atoms with Crippen molar-refractivity contribution < 1.29 is 9.90 Å². The van der Waals surface area contributed by atoms with Gasteiger partial charge in [0.1, 0.15) is 0 Å². The first-order valence-corrected chi connectivity index (χ1v) is 8.65. The summed E-state index contributed by atoms with van der Waals surface area (Å²) in [5.41, 5.74) is 4.88. The first kappa shape index (κ1) is 18.9. The number of hydrogen-bond donors (Lipinski definition) is 3. The Kier molecular flexibility index (Phi) is 5.86. The molecule has 0 amide bonds. The SMILES string of the molecule is NN=Cc1ccc(Cc2cn(Cc3cccc(C=NN)c3)cc2C(=O)O)cc1. The zero-order valence-electron chi connectivity index (χ0n) is 15.2. The Bertz CT molecular complexity index is 1020. The van der Waals surface area contributed by atoms with Crippen molar-refractivity contribution >= 4 is 18.4 Å². The molecule has 28 heavy (non-hydrogen) atoms. The smallest absolute Gasteiger partial charge is 0.337 e. The summed E-state index contributed by atoms with van der Waals surface area (Å²) in [6.07, 6.45) is 7.20. The van der Waals surface area contributed by atoms with Crippen LogP contribution in [0.15, 0.2) is 71.1 Å². The molecule has 142 valence electrons. The number of nitrogens with zero attached hydrogens (tertiary/aromatic N) is 3. The van der Waals surface area contributed by atoms with E-state index < -0.39 is 5.97 Å². The van der Waals surface area contributed by atoms with Gasteiger partial charge < -0.3 is 21.4 Å². The van der Waals surface area contributed by atoms with Crippen LogP contribution in [0.5, 0.6) is 0 Å². The van der Waals surface area contributed by atoms with E-state index in [0.29, 0.717) is 18.5 Å². The van der Waals surface area contributed by atoms with Crippen LogP contribution in [-0.2, 0) is 13.0 Å². The van der Waals surface area contributed by atoms with Gasteiger partial charge in [0.2, 0.25) is 0 Å². The first-order valence-electron chi connectivity index (χ1n) is 8.65. The molecule has 0 radical (unpaired) electrons. The third kappa shape index (κ3) is 4.64. The van der Waals surface area contributed by atoms with Crippen LogP contribution in [0.25, 0.3) is 0 Å². The van der Waals surface area contributed by atoms with Gasteiger partial charge in [0.25, 0.3) is 0 Å². The zero-order valence-corrected chi connectivity index (χ0v) is 15.2. The van der Waals surface area contributed by atoms with E-state index in [9.17, 15) is 9.90 Å². The van der Waals surface area contributed by atoms with Gasteiger partial charge >= 0.3 is 5.97 Å². The Labute approximate surface area is 162 Å². The standard InChI is InChI=1S/C21H21N5O2/c22-24-10-16-6-4-15(5-7-16)9-19-13-26(14-20(19)21(27)28)12-18-3-1-2-17(8-18)11-25-23/h1-8,10-11,13-14H,9,12,22-23H2,(H,27,28). The number of nitrogens with two attached hydrogens (primary N) is 2. The van der Waals surface area contributed by atoms with Crippen molar-refractivity contribution in [1.29, 1.82) is 0 Å². The molecule has 0 saturated carbocycles. The maximum Gasteiger partial charge on any atom is 0.337 e.